The summed E-state index contributed by atoms with van der Waals surface area (Å²) < 4.78 is 6.26. The molecular weight excluding hydrogens is 274 g/mol. The number of amides is 1. The second-order valence-electron chi connectivity index (χ2n) is 5.38. The van der Waals surface area contributed by atoms with Crippen LogP contribution in [-0.4, -0.2) is 35.2 Å². The molecule has 1 fully saturated rings. The van der Waals surface area contributed by atoms with Crippen molar-refractivity contribution in [2.75, 3.05) is 19.8 Å². The number of H-pyrrole nitrogens is 1. The summed E-state index contributed by atoms with van der Waals surface area (Å²) in [5.41, 5.74) is -0.626. The van der Waals surface area contributed by atoms with Crippen LogP contribution in [0.15, 0.2) is 15.8 Å². The van der Waals surface area contributed by atoms with Gasteiger partial charge in [-0.1, -0.05) is 0 Å². The van der Waals surface area contributed by atoms with Gasteiger partial charge < -0.3 is 15.0 Å². The van der Waals surface area contributed by atoms with Crippen LogP contribution in [0.3, 0.4) is 0 Å². The van der Waals surface area contributed by atoms with E-state index in [-0.39, 0.29) is 12.3 Å². The maximum Gasteiger partial charge on any atom is 0.328 e. The van der Waals surface area contributed by atoms with E-state index in [1.54, 1.807) is 0 Å². The first-order valence-corrected chi connectivity index (χ1v) is 7.20. The maximum atomic E-state index is 11.8. The van der Waals surface area contributed by atoms with Crippen LogP contribution in [0.25, 0.3) is 0 Å². The topological polar surface area (TPSA) is 93.2 Å². The van der Waals surface area contributed by atoms with Crippen LogP contribution in [0.1, 0.15) is 24.8 Å². The van der Waals surface area contributed by atoms with Gasteiger partial charge in [-0.2, -0.15) is 0 Å². The fraction of sp³-hybridized carbons (Fsp3) is 0.643. The number of nitrogens with zero attached hydrogens (tertiary/aromatic N) is 1. The van der Waals surface area contributed by atoms with E-state index >= 15 is 0 Å². The van der Waals surface area contributed by atoms with Crippen LogP contribution in [0.2, 0.25) is 0 Å². The van der Waals surface area contributed by atoms with Crippen molar-refractivity contribution in [2.45, 2.75) is 25.7 Å². The van der Waals surface area contributed by atoms with Gasteiger partial charge in [-0.25, -0.2) is 4.79 Å². The zero-order valence-electron chi connectivity index (χ0n) is 12.2. The van der Waals surface area contributed by atoms with E-state index in [0.717, 1.165) is 37.0 Å². The van der Waals surface area contributed by atoms with E-state index in [2.05, 4.69) is 10.3 Å². The summed E-state index contributed by atoms with van der Waals surface area (Å²) in [4.78, 5) is 37.2. The molecule has 1 aliphatic rings. The fourth-order valence-corrected chi connectivity index (χ4v) is 2.41. The maximum absolute atomic E-state index is 11.8. The highest BCUT2D eigenvalue weighted by molar-refractivity contribution is 5.78. The van der Waals surface area contributed by atoms with Gasteiger partial charge in [-0.05, 0) is 25.2 Å². The van der Waals surface area contributed by atoms with Crippen molar-refractivity contribution >= 4 is 5.91 Å². The lowest BCUT2D eigenvalue weighted by molar-refractivity contribution is -0.120. The van der Waals surface area contributed by atoms with Crippen molar-refractivity contribution in [1.82, 2.24) is 14.9 Å². The molecule has 7 heteroatoms. The van der Waals surface area contributed by atoms with Gasteiger partial charge in [0.05, 0.1) is 6.42 Å². The molecule has 0 bridgehead atoms. The second kappa shape index (κ2) is 7.21. The summed E-state index contributed by atoms with van der Waals surface area (Å²) in [6.07, 6.45) is 4.33. The number of nitrogens with one attached hydrogen (secondary N) is 2. The van der Waals surface area contributed by atoms with Crippen molar-refractivity contribution in [2.24, 2.45) is 13.0 Å². The molecule has 7 nitrogen and oxygen atoms in total. The number of aromatic nitrogens is 2. The second-order valence-corrected chi connectivity index (χ2v) is 5.38. The van der Waals surface area contributed by atoms with Gasteiger partial charge in [-0.3, -0.25) is 14.2 Å². The fourth-order valence-electron chi connectivity index (χ4n) is 2.41. The smallest absolute Gasteiger partial charge is 0.328 e. The van der Waals surface area contributed by atoms with E-state index in [9.17, 15) is 14.4 Å². The number of aromatic amines is 1. The van der Waals surface area contributed by atoms with Crippen molar-refractivity contribution in [3.05, 3.63) is 32.6 Å². The molecule has 0 aliphatic carbocycles. The molecule has 0 radical (unpaired) electrons. The Morgan fingerprint density at radius 1 is 1.52 bits per heavy atom. The quantitative estimate of drug-likeness (QED) is 0.695. The monoisotopic (exact) mass is 295 g/mol. The zero-order chi connectivity index (χ0) is 15.2. The third kappa shape index (κ3) is 4.29. The Morgan fingerprint density at radius 2 is 2.33 bits per heavy atom. The number of rotatable bonds is 6. The van der Waals surface area contributed by atoms with Gasteiger partial charge in [0.2, 0.25) is 5.91 Å². The predicted molar refractivity (Wildman–Crippen MR) is 77.2 cm³/mol. The lowest BCUT2D eigenvalue weighted by Gasteiger charge is -2.08. The molecule has 21 heavy (non-hydrogen) atoms. The predicted octanol–water partition coefficient (Wildman–Crippen LogP) is -0.451. The number of ether oxygens (including phenoxy) is 1. The van der Waals surface area contributed by atoms with Gasteiger partial charge in [0.25, 0.3) is 5.56 Å². The van der Waals surface area contributed by atoms with Crippen LogP contribution >= 0.6 is 0 Å². The summed E-state index contributed by atoms with van der Waals surface area (Å²) in [5, 5.41) is 2.80. The summed E-state index contributed by atoms with van der Waals surface area (Å²) >= 11 is 0. The summed E-state index contributed by atoms with van der Waals surface area (Å²) in [5.74, 6) is 0.398. The number of carbonyl (C=O) groups is 1. The van der Waals surface area contributed by atoms with Crippen molar-refractivity contribution in [3.8, 4) is 0 Å². The van der Waals surface area contributed by atoms with Crippen LogP contribution in [0.5, 0.6) is 0 Å². The number of hydrogen-bond donors (Lipinski definition) is 2. The summed E-state index contributed by atoms with van der Waals surface area (Å²) in [6, 6.07) is 0. The van der Waals surface area contributed by atoms with E-state index in [4.69, 9.17) is 4.74 Å². The number of carbonyl (C=O) groups excluding carboxylic acids is 1. The highest BCUT2D eigenvalue weighted by Gasteiger charge is 2.15. The molecular formula is C14H21N3O4. The average molecular weight is 295 g/mol. The van der Waals surface area contributed by atoms with Crippen molar-refractivity contribution in [3.63, 3.8) is 0 Å². The molecule has 0 saturated carbocycles. The molecule has 2 rings (SSSR count). The molecule has 1 aromatic heterocycles. The molecule has 1 amide bonds. The molecule has 2 N–H and O–H groups in total. The summed E-state index contributed by atoms with van der Waals surface area (Å²) in [6.45, 7) is 2.26. The Labute approximate surface area is 122 Å². The molecule has 116 valence electrons. The van der Waals surface area contributed by atoms with E-state index < -0.39 is 11.2 Å². The van der Waals surface area contributed by atoms with Crippen molar-refractivity contribution < 1.29 is 9.53 Å². The first-order chi connectivity index (χ1) is 10.1. The Bertz CT molecular complexity index is 599. The van der Waals surface area contributed by atoms with Gasteiger partial charge in [0.1, 0.15) is 0 Å². The average Bonchev–Trinajstić information content (AvgIpc) is 2.98. The van der Waals surface area contributed by atoms with Crippen molar-refractivity contribution in [1.29, 1.82) is 0 Å². The molecule has 1 atom stereocenters. The Hall–Kier alpha value is -1.89. The third-order valence-corrected chi connectivity index (χ3v) is 3.74. The first kappa shape index (κ1) is 15.5. The normalized spacial score (nSPS) is 17.9. The Morgan fingerprint density at radius 3 is 3.05 bits per heavy atom. The van der Waals surface area contributed by atoms with Crippen LogP contribution < -0.4 is 16.6 Å². The van der Waals surface area contributed by atoms with E-state index in [0.29, 0.717) is 18.0 Å². The summed E-state index contributed by atoms with van der Waals surface area (Å²) in [7, 11) is 1.38. The molecule has 1 aliphatic heterocycles. The van der Waals surface area contributed by atoms with Gasteiger partial charge in [0.15, 0.2) is 0 Å². The Balaban J connectivity index is 1.75. The van der Waals surface area contributed by atoms with Gasteiger partial charge in [-0.15, -0.1) is 0 Å². The minimum absolute atomic E-state index is 0.0179. The minimum Gasteiger partial charge on any atom is -0.381 e. The molecule has 2 heterocycles. The standard InChI is InChI=1S/C14H21N3O4/c1-17-13(19)11(8-16-14(17)20)7-12(18)15-5-2-3-10-4-6-21-9-10/h8,10H,2-7,9H2,1H3,(H,15,18)(H,16,20)/t10-/m0/s1. The molecule has 1 saturated heterocycles. The van der Waals surface area contributed by atoms with Crippen LogP contribution in [0.4, 0.5) is 0 Å². The largest absolute Gasteiger partial charge is 0.381 e. The van der Waals surface area contributed by atoms with Gasteiger partial charge in [0, 0.05) is 38.6 Å². The third-order valence-electron chi connectivity index (χ3n) is 3.74. The lowest BCUT2D eigenvalue weighted by Crippen LogP contribution is -2.36. The van der Waals surface area contributed by atoms with Crippen LogP contribution in [-0.2, 0) is 23.0 Å². The van der Waals surface area contributed by atoms with E-state index in [1.165, 1.54) is 13.2 Å². The van der Waals surface area contributed by atoms with Crippen LogP contribution in [0, 0.1) is 5.92 Å². The molecule has 0 spiro atoms. The minimum atomic E-state index is -0.483. The Kier molecular flexibility index (Phi) is 5.32. The molecule has 1 aromatic rings. The zero-order valence-corrected chi connectivity index (χ0v) is 12.2. The SMILES string of the molecule is Cn1c(=O)[nH]cc(CC(=O)NCCC[C@H]2CCOC2)c1=O. The highest BCUT2D eigenvalue weighted by Crippen LogP contribution is 2.17. The molecule has 0 unspecified atom stereocenters. The highest BCUT2D eigenvalue weighted by atomic mass is 16.5. The lowest BCUT2D eigenvalue weighted by atomic mass is 10.0. The number of hydrogen-bond acceptors (Lipinski definition) is 4. The van der Waals surface area contributed by atoms with Gasteiger partial charge >= 0.3 is 5.69 Å². The first-order valence-electron chi connectivity index (χ1n) is 7.20. The molecule has 0 aromatic carbocycles. The van der Waals surface area contributed by atoms with E-state index in [1.807, 2.05) is 0 Å².